The van der Waals surface area contributed by atoms with Crippen molar-refractivity contribution < 1.29 is 18.0 Å². The molecule has 0 aliphatic carbocycles. The number of unbranched alkanes of at least 4 members (excludes halogenated alkanes) is 1. The summed E-state index contributed by atoms with van der Waals surface area (Å²) in [4.78, 5) is 25.7. The van der Waals surface area contributed by atoms with E-state index in [4.69, 9.17) is 11.3 Å². The Hall–Kier alpha value is -2.58. The molecular formula is C15H21N5O4S. The van der Waals surface area contributed by atoms with E-state index in [9.17, 15) is 18.0 Å². The minimum atomic E-state index is -3.98. The number of primary amides is 1. The smallest absolute Gasteiger partial charge is 0.266 e. The van der Waals surface area contributed by atoms with Gasteiger partial charge in [-0.25, -0.2) is 12.7 Å². The number of azide groups is 1. The highest BCUT2D eigenvalue weighted by molar-refractivity contribution is 7.89. The van der Waals surface area contributed by atoms with Crippen LogP contribution in [0.4, 0.5) is 0 Å². The average molecular weight is 367 g/mol. The first-order chi connectivity index (χ1) is 11.9. The van der Waals surface area contributed by atoms with E-state index in [0.29, 0.717) is 12.8 Å². The number of nitrogens with zero attached hydrogens (tertiary/aromatic N) is 4. The number of rotatable bonds is 11. The molecule has 0 aliphatic rings. The van der Waals surface area contributed by atoms with Gasteiger partial charge in [0.1, 0.15) is 0 Å². The Balaban J connectivity index is 2.86. The second kappa shape index (κ2) is 10.3. The monoisotopic (exact) mass is 367 g/mol. The topological polar surface area (TPSA) is 146 Å². The summed E-state index contributed by atoms with van der Waals surface area (Å²) in [5.74, 6) is -1.02. The molecule has 10 heteroatoms. The Bertz CT molecular complexity index is 730. The van der Waals surface area contributed by atoms with Gasteiger partial charge in [0.15, 0.2) is 0 Å². The van der Waals surface area contributed by atoms with E-state index in [2.05, 4.69) is 10.0 Å². The number of amides is 2. The van der Waals surface area contributed by atoms with Crippen LogP contribution >= 0.6 is 0 Å². The highest BCUT2D eigenvalue weighted by atomic mass is 32.2. The normalized spacial score (nSPS) is 10.7. The maximum absolute atomic E-state index is 12.7. The van der Waals surface area contributed by atoms with Crippen molar-refractivity contribution in [3.05, 3.63) is 40.8 Å². The lowest BCUT2D eigenvalue weighted by atomic mass is 10.2. The van der Waals surface area contributed by atoms with E-state index < -0.39 is 21.8 Å². The van der Waals surface area contributed by atoms with E-state index in [1.54, 1.807) is 18.2 Å². The first kappa shape index (κ1) is 20.5. The fourth-order valence-electron chi connectivity index (χ4n) is 2.13. The van der Waals surface area contributed by atoms with Crippen LogP contribution in [-0.4, -0.2) is 37.6 Å². The van der Waals surface area contributed by atoms with E-state index in [-0.39, 0.29) is 37.2 Å². The number of sulfonamides is 1. The van der Waals surface area contributed by atoms with Crippen LogP contribution in [0.2, 0.25) is 0 Å². The predicted octanol–water partition coefficient (Wildman–Crippen LogP) is 1.95. The summed E-state index contributed by atoms with van der Waals surface area (Å²) in [5.41, 5.74) is 13.3. The third kappa shape index (κ3) is 6.82. The Morgan fingerprint density at radius 1 is 1.12 bits per heavy atom. The molecule has 0 spiro atoms. The van der Waals surface area contributed by atoms with Gasteiger partial charge in [0.2, 0.25) is 11.8 Å². The van der Waals surface area contributed by atoms with Gasteiger partial charge in [-0.15, -0.1) is 0 Å². The van der Waals surface area contributed by atoms with Gasteiger partial charge < -0.3 is 5.73 Å². The third-order valence-corrected chi connectivity index (χ3v) is 5.19. The maximum atomic E-state index is 12.7. The van der Waals surface area contributed by atoms with Crippen LogP contribution in [0.25, 0.3) is 10.4 Å². The summed E-state index contributed by atoms with van der Waals surface area (Å²) in [6, 6.07) is 7.65. The highest BCUT2D eigenvalue weighted by Crippen LogP contribution is 2.18. The zero-order chi connectivity index (χ0) is 18.7. The minimum Gasteiger partial charge on any atom is -0.370 e. The molecule has 0 unspecified atom stereocenters. The molecule has 0 heterocycles. The van der Waals surface area contributed by atoms with E-state index in [1.807, 2.05) is 0 Å². The summed E-state index contributed by atoms with van der Waals surface area (Å²) in [5, 5.41) is 3.35. The number of carbonyl (C=O) groups is 2. The van der Waals surface area contributed by atoms with Crippen molar-refractivity contribution in [1.29, 1.82) is 0 Å². The Kier molecular flexibility index (Phi) is 8.45. The van der Waals surface area contributed by atoms with Crippen molar-refractivity contribution in [3.63, 3.8) is 0 Å². The van der Waals surface area contributed by atoms with Crippen LogP contribution < -0.4 is 5.73 Å². The molecular weight excluding hydrogens is 346 g/mol. The molecule has 0 aliphatic heterocycles. The number of benzene rings is 1. The molecule has 0 atom stereocenters. The zero-order valence-corrected chi connectivity index (χ0v) is 14.6. The Morgan fingerprint density at radius 2 is 1.76 bits per heavy atom. The van der Waals surface area contributed by atoms with Gasteiger partial charge in [0.05, 0.1) is 4.90 Å². The molecule has 1 aromatic carbocycles. The summed E-state index contributed by atoms with van der Waals surface area (Å²) < 4.78 is 26.2. The van der Waals surface area contributed by atoms with Gasteiger partial charge in [-0.2, -0.15) is 0 Å². The number of carbonyl (C=O) groups excluding carboxylic acids is 2. The van der Waals surface area contributed by atoms with Gasteiger partial charge in [-0.1, -0.05) is 23.3 Å². The van der Waals surface area contributed by atoms with Crippen LogP contribution in [0.1, 0.15) is 32.1 Å². The standard InChI is InChI=1S/C15H21N5O4S/c16-14(21)9-4-5-10-15(22)20(12-6-11-18-19-17)25(23,24)13-7-2-1-3-8-13/h1-3,7-8H,4-6,9-12H2,(H2,16,21). The highest BCUT2D eigenvalue weighted by Gasteiger charge is 2.28. The Morgan fingerprint density at radius 3 is 2.36 bits per heavy atom. The third-order valence-electron chi connectivity index (χ3n) is 3.36. The fourth-order valence-corrected chi connectivity index (χ4v) is 3.61. The maximum Gasteiger partial charge on any atom is 0.266 e. The van der Waals surface area contributed by atoms with Crippen molar-refractivity contribution in [2.24, 2.45) is 10.8 Å². The molecule has 0 aromatic heterocycles. The average Bonchev–Trinajstić information content (AvgIpc) is 2.59. The largest absolute Gasteiger partial charge is 0.370 e. The van der Waals surface area contributed by atoms with Crippen LogP contribution in [0.3, 0.4) is 0 Å². The lowest BCUT2D eigenvalue weighted by Gasteiger charge is -2.22. The lowest BCUT2D eigenvalue weighted by molar-refractivity contribution is -0.127. The van der Waals surface area contributed by atoms with Crippen LogP contribution in [0.15, 0.2) is 40.3 Å². The van der Waals surface area contributed by atoms with Crippen LogP contribution in [0, 0.1) is 0 Å². The van der Waals surface area contributed by atoms with Gasteiger partial charge in [-0.3, -0.25) is 9.59 Å². The minimum absolute atomic E-state index is 0.0130. The number of hydrogen-bond acceptors (Lipinski definition) is 5. The van der Waals surface area contributed by atoms with Crippen LogP contribution in [0.5, 0.6) is 0 Å². The Labute approximate surface area is 146 Å². The van der Waals surface area contributed by atoms with Crippen molar-refractivity contribution in [1.82, 2.24) is 4.31 Å². The summed E-state index contributed by atoms with van der Waals surface area (Å²) in [7, 11) is -3.98. The molecule has 1 rings (SSSR count). The van der Waals surface area contributed by atoms with Crippen molar-refractivity contribution in [2.45, 2.75) is 37.0 Å². The molecule has 9 nitrogen and oxygen atoms in total. The zero-order valence-electron chi connectivity index (χ0n) is 13.7. The van der Waals surface area contributed by atoms with Gasteiger partial charge in [0, 0.05) is 30.8 Å². The molecule has 0 saturated carbocycles. The van der Waals surface area contributed by atoms with Crippen molar-refractivity contribution in [3.8, 4) is 0 Å². The predicted molar refractivity (Wildman–Crippen MR) is 91.6 cm³/mol. The summed E-state index contributed by atoms with van der Waals surface area (Å²) >= 11 is 0. The van der Waals surface area contributed by atoms with Gasteiger partial charge in [0.25, 0.3) is 10.0 Å². The van der Waals surface area contributed by atoms with E-state index >= 15 is 0 Å². The van der Waals surface area contributed by atoms with E-state index in [0.717, 1.165) is 4.31 Å². The number of nitrogens with two attached hydrogens (primary N) is 1. The van der Waals surface area contributed by atoms with Crippen LogP contribution in [-0.2, 0) is 19.6 Å². The molecule has 0 fully saturated rings. The first-order valence-corrected chi connectivity index (χ1v) is 9.23. The van der Waals surface area contributed by atoms with Gasteiger partial charge >= 0.3 is 0 Å². The first-order valence-electron chi connectivity index (χ1n) is 7.79. The molecule has 0 bridgehead atoms. The fraction of sp³-hybridized carbons (Fsp3) is 0.467. The second-order valence-corrected chi connectivity index (χ2v) is 7.13. The quantitative estimate of drug-likeness (QED) is 0.275. The van der Waals surface area contributed by atoms with Crippen molar-refractivity contribution >= 4 is 21.8 Å². The number of hydrogen-bond donors (Lipinski definition) is 1. The summed E-state index contributed by atoms with van der Waals surface area (Å²) in [6.07, 6.45) is 1.14. The SMILES string of the molecule is [N-]=[N+]=NCCCN(C(=O)CCCCC(N)=O)S(=O)(=O)c1ccccc1. The lowest BCUT2D eigenvalue weighted by Crippen LogP contribution is -2.37. The molecule has 136 valence electrons. The molecule has 25 heavy (non-hydrogen) atoms. The van der Waals surface area contributed by atoms with Gasteiger partial charge in [-0.05, 0) is 36.9 Å². The molecule has 2 amide bonds. The molecule has 0 radical (unpaired) electrons. The van der Waals surface area contributed by atoms with Crippen molar-refractivity contribution in [2.75, 3.05) is 13.1 Å². The second-order valence-electron chi connectivity index (χ2n) is 5.27. The summed E-state index contributed by atoms with van der Waals surface area (Å²) in [6.45, 7) is 0.0111. The molecule has 2 N–H and O–H groups in total. The molecule has 0 saturated heterocycles. The van der Waals surface area contributed by atoms with E-state index in [1.165, 1.54) is 12.1 Å². The molecule has 1 aromatic rings.